The third-order valence-electron chi connectivity index (χ3n) is 7.70. The van der Waals surface area contributed by atoms with Gasteiger partial charge in [-0.05, 0) is 100 Å². The Bertz CT molecular complexity index is 1770. The zero-order valence-electron chi connectivity index (χ0n) is 27.2. The molecule has 1 atom stereocenters. The van der Waals surface area contributed by atoms with Gasteiger partial charge in [0.2, 0.25) is 11.8 Å². The molecule has 0 bridgehead atoms. The maximum atomic E-state index is 14.6. The average molecular weight is 660 g/mol. The summed E-state index contributed by atoms with van der Waals surface area (Å²) in [6.45, 7) is 10.9. The van der Waals surface area contributed by atoms with Crippen molar-refractivity contribution in [3.63, 3.8) is 0 Å². The van der Waals surface area contributed by atoms with E-state index in [0.29, 0.717) is 10.7 Å². The van der Waals surface area contributed by atoms with Gasteiger partial charge in [0.1, 0.15) is 12.6 Å². The lowest BCUT2D eigenvalue weighted by Gasteiger charge is -2.35. The fourth-order valence-electron chi connectivity index (χ4n) is 5.04. The first-order valence-corrected chi connectivity index (χ1v) is 17.0. The topological polar surface area (TPSA) is 86.8 Å². The molecule has 0 aliphatic carbocycles. The molecule has 0 radical (unpaired) electrons. The molecule has 0 aromatic heterocycles. The lowest BCUT2D eigenvalue weighted by molar-refractivity contribution is -0.140. The molecule has 4 rings (SSSR count). The number of carbonyl (C=O) groups excluding carboxylic acids is 2. The zero-order chi connectivity index (χ0) is 33.6. The zero-order valence-corrected chi connectivity index (χ0v) is 28.8. The number of anilines is 1. The Morgan fingerprint density at radius 3 is 2.02 bits per heavy atom. The van der Waals surface area contributed by atoms with Crippen molar-refractivity contribution in [3.8, 4) is 0 Å². The van der Waals surface area contributed by atoms with Gasteiger partial charge in [-0.3, -0.25) is 13.9 Å². The number of rotatable bonds is 11. The van der Waals surface area contributed by atoms with Crippen molar-refractivity contribution in [1.82, 2.24) is 10.2 Å². The van der Waals surface area contributed by atoms with Crippen LogP contribution in [0.2, 0.25) is 5.02 Å². The Morgan fingerprint density at radius 2 is 1.43 bits per heavy atom. The molecule has 242 valence electrons. The second-order valence-corrected chi connectivity index (χ2v) is 15.0. The van der Waals surface area contributed by atoms with Gasteiger partial charge in [0, 0.05) is 23.5 Å². The van der Waals surface area contributed by atoms with Gasteiger partial charge < -0.3 is 10.2 Å². The summed E-state index contributed by atoms with van der Waals surface area (Å²) in [4.78, 5) is 30.1. The number of aryl methyl sites for hydroxylation is 3. The summed E-state index contributed by atoms with van der Waals surface area (Å²) in [5.41, 5.74) is 4.20. The minimum absolute atomic E-state index is 0.0659. The number of sulfonamides is 1. The van der Waals surface area contributed by atoms with E-state index in [2.05, 4.69) is 5.32 Å². The van der Waals surface area contributed by atoms with E-state index < -0.39 is 34.1 Å². The van der Waals surface area contributed by atoms with Gasteiger partial charge in [-0.25, -0.2) is 8.42 Å². The summed E-state index contributed by atoms with van der Waals surface area (Å²) in [5, 5.41) is 3.58. The first kappa shape index (κ1) is 34.7. The van der Waals surface area contributed by atoms with Crippen molar-refractivity contribution < 1.29 is 18.0 Å². The fraction of sp³-hybridized carbons (Fsp3) is 0.297. The Labute approximate surface area is 278 Å². The van der Waals surface area contributed by atoms with Crippen LogP contribution in [-0.4, -0.2) is 43.3 Å². The van der Waals surface area contributed by atoms with E-state index in [-0.39, 0.29) is 23.8 Å². The molecule has 0 aliphatic heterocycles. The molecule has 2 amide bonds. The molecular formula is C37H42ClN3O4S. The van der Waals surface area contributed by atoms with Crippen molar-refractivity contribution in [2.75, 3.05) is 10.8 Å². The van der Waals surface area contributed by atoms with Crippen LogP contribution in [0, 0.1) is 20.8 Å². The Kier molecular flexibility index (Phi) is 11.0. The van der Waals surface area contributed by atoms with Crippen LogP contribution >= 0.6 is 11.6 Å². The summed E-state index contributed by atoms with van der Waals surface area (Å²) in [7, 11) is -4.17. The van der Waals surface area contributed by atoms with Gasteiger partial charge in [0.05, 0.1) is 10.6 Å². The molecule has 0 aliphatic rings. The minimum Gasteiger partial charge on any atom is -0.350 e. The number of halogens is 1. The number of amides is 2. The lowest BCUT2D eigenvalue weighted by Crippen LogP contribution is -2.56. The molecule has 7 nitrogen and oxygen atoms in total. The highest BCUT2D eigenvalue weighted by atomic mass is 35.5. The summed E-state index contributed by atoms with van der Waals surface area (Å²) in [6, 6.07) is 27.5. The molecule has 0 heterocycles. The van der Waals surface area contributed by atoms with E-state index >= 15 is 0 Å². The van der Waals surface area contributed by atoms with E-state index in [4.69, 9.17) is 11.6 Å². The smallest absolute Gasteiger partial charge is 0.264 e. The van der Waals surface area contributed by atoms with Gasteiger partial charge in [-0.2, -0.15) is 0 Å². The van der Waals surface area contributed by atoms with Crippen molar-refractivity contribution in [2.24, 2.45) is 0 Å². The van der Waals surface area contributed by atoms with Gasteiger partial charge in [-0.1, -0.05) is 77.8 Å². The maximum absolute atomic E-state index is 14.6. The van der Waals surface area contributed by atoms with E-state index in [1.807, 2.05) is 77.9 Å². The number of benzene rings is 4. The summed E-state index contributed by atoms with van der Waals surface area (Å²) in [5.74, 6) is -0.855. The fourth-order valence-corrected chi connectivity index (χ4v) is 6.57. The highest BCUT2D eigenvalue weighted by molar-refractivity contribution is 7.92. The monoisotopic (exact) mass is 659 g/mol. The van der Waals surface area contributed by atoms with E-state index in [0.717, 1.165) is 32.1 Å². The number of hydrogen-bond acceptors (Lipinski definition) is 4. The quantitative estimate of drug-likeness (QED) is 0.188. The first-order chi connectivity index (χ1) is 21.6. The van der Waals surface area contributed by atoms with Crippen LogP contribution in [-0.2, 0) is 32.6 Å². The second kappa shape index (κ2) is 14.5. The largest absolute Gasteiger partial charge is 0.350 e. The Balaban J connectivity index is 1.83. The molecular weight excluding hydrogens is 618 g/mol. The third-order valence-corrected chi connectivity index (χ3v) is 9.74. The molecule has 1 N–H and O–H groups in total. The predicted molar refractivity (Wildman–Crippen MR) is 185 cm³/mol. The van der Waals surface area contributed by atoms with Gasteiger partial charge in [-0.15, -0.1) is 0 Å². The van der Waals surface area contributed by atoms with Crippen LogP contribution in [0.15, 0.2) is 102 Å². The third kappa shape index (κ3) is 8.98. The van der Waals surface area contributed by atoms with Crippen molar-refractivity contribution in [3.05, 3.63) is 130 Å². The second-order valence-electron chi connectivity index (χ2n) is 12.7. The maximum Gasteiger partial charge on any atom is 0.264 e. The van der Waals surface area contributed by atoms with Crippen LogP contribution < -0.4 is 9.62 Å². The molecule has 4 aromatic carbocycles. The van der Waals surface area contributed by atoms with E-state index in [1.165, 1.54) is 4.90 Å². The summed E-state index contributed by atoms with van der Waals surface area (Å²) >= 11 is 6.16. The van der Waals surface area contributed by atoms with Crippen molar-refractivity contribution in [1.29, 1.82) is 0 Å². The predicted octanol–water partition coefficient (Wildman–Crippen LogP) is 7.02. The molecule has 0 saturated carbocycles. The van der Waals surface area contributed by atoms with Crippen LogP contribution in [0.5, 0.6) is 0 Å². The van der Waals surface area contributed by atoms with Gasteiger partial charge >= 0.3 is 0 Å². The standard InChI is InChI=1S/C37H42ClN3O4S/c1-26-12-20-33(21-13-26)46(44,45)41(32-19-14-27(2)28(3)22-32)25-35(42)40(24-30-15-17-31(38)18-16-30)34(36(43)39-37(4,5)6)23-29-10-8-7-9-11-29/h7-22,34H,23-25H2,1-6H3,(H,39,43). The van der Waals surface area contributed by atoms with Crippen LogP contribution in [0.3, 0.4) is 0 Å². The van der Waals surface area contributed by atoms with E-state index in [9.17, 15) is 18.0 Å². The lowest BCUT2D eigenvalue weighted by atomic mass is 10.0. The number of hydrogen-bond donors (Lipinski definition) is 1. The highest BCUT2D eigenvalue weighted by Gasteiger charge is 2.35. The Hall–Kier alpha value is -4.14. The molecule has 0 fully saturated rings. The SMILES string of the molecule is Cc1ccc(S(=O)(=O)N(CC(=O)N(Cc2ccc(Cl)cc2)C(Cc2ccccc2)C(=O)NC(C)(C)C)c2ccc(C)c(C)c2)cc1. The average Bonchev–Trinajstić information content (AvgIpc) is 2.99. The summed E-state index contributed by atoms with van der Waals surface area (Å²) < 4.78 is 29.6. The molecule has 4 aromatic rings. The van der Waals surface area contributed by atoms with Gasteiger partial charge in [0.25, 0.3) is 10.0 Å². The Morgan fingerprint density at radius 1 is 0.804 bits per heavy atom. The molecule has 9 heteroatoms. The van der Waals surface area contributed by atoms with Gasteiger partial charge in [0.15, 0.2) is 0 Å². The van der Waals surface area contributed by atoms with Crippen molar-refractivity contribution >= 4 is 39.1 Å². The number of carbonyl (C=O) groups is 2. The van der Waals surface area contributed by atoms with Crippen molar-refractivity contribution in [2.45, 2.75) is 71.0 Å². The van der Waals surface area contributed by atoms with Crippen LogP contribution in [0.1, 0.15) is 48.6 Å². The molecule has 46 heavy (non-hydrogen) atoms. The molecule has 0 spiro atoms. The molecule has 1 unspecified atom stereocenters. The normalized spacial score (nSPS) is 12.3. The van der Waals surface area contributed by atoms with E-state index in [1.54, 1.807) is 60.7 Å². The van der Waals surface area contributed by atoms with Crippen LogP contribution in [0.4, 0.5) is 5.69 Å². The summed E-state index contributed by atoms with van der Waals surface area (Å²) in [6.07, 6.45) is 0.233. The first-order valence-electron chi connectivity index (χ1n) is 15.2. The van der Waals surface area contributed by atoms with Crippen LogP contribution in [0.25, 0.3) is 0 Å². The number of nitrogens with one attached hydrogen (secondary N) is 1. The number of nitrogens with zero attached hydrogens (tertiary/aromatic N) is 2. The minimum atomic E-state index is -4.17. The highest BCUT2D eigenvalue weighted by Crippen LogP contribution is 2.27. The molecule has 0 saturated heterocycles.